The van der Waals surface area contributed by atoms with Crippen molar-refractivity contribution in [3.05, 3.63) is 0 Å². The van der Waals surface area contributed by atoms with E-state index in [0.29, 0.717) is 19.3 Å². The number of unbranched alkanes of at least 4 members (excludes halogenated alkanes) is 18. The maximum atomic E-state index is 12.9. The molecule has 0 heterocycles. The van der Waals surface area contributed by atoms with Crippen LogP contribution >= 0.6 is 27.4 Å². The van der Waals surface area contributed by atoms with E-state index in [1.54, 1.807) is 0 Å². The van der Waals surface area contributed by atoms with Crippen LogP contribution in [-0.4, -0.2) is 114 Å². The number of aliphatic hydroxyl groups is 4. The van der Waals surface area contributed by atoms with Crippen molar-refractivity contribution in [1.82, 2.24) is 0 Å². The topological polar surface area (TPSA) is 273 Å². The summed E-state index contributed by atoms with van der Waals surface area (Å²) in [5.41, 5.74) is 0. The number of aliphatic hydroxyl groups excluding tert-OH is 4. The summed E-state index contributed by atoms with van der Waals surface area (Å²) in [5.74, 6) is -0.421. The molecule has 20 heteroatoms. The van der Waals surface area contributed by atoms with Gasteiger partial charge in [0.25, 0.3) is 0 Å². The third kappa shape index (κ3) is 27.6. The number of phosphoric acid groups is 2. The molecule has 0 aliphatic heterocycles. The number of esters is 2. The quantitative estimate of drug-likeness (QED) is 0.0200. The summed E-state index contributed by atoms with van der Waals surface area (Å²) < 4.78 is 49.2. The Hall–Kier alpha value is -0.980. The highest BCUT2D eigenvalue weighted by Gasteiger charge is 2.54. The van der Waals surface area contributed by atoms with Crippen molar-refractivity contribution >= 4 is 44.5 Å². The van der Waals surface area contributed by atoms with Gasteiger partial charge in [-0.2, -0.15) is 0 Å². The Bertz CT molecular complexity index is 1240. The SMILES string of the molecule is CCCCCCCCCCCCCCCC(=O)O[C@H](COC(=O)CCCCCCCCCSC(=O)CCC)COP(=O)(O)OC1C(O)[C@@H](O)C(O)[C@@H](OP(=O)(O)O)[C@H]1O. The van der Waals surface area contributed by atoms with Gasteiger partial charge in [-0.1, -0.05) is 135 Å². The van der Waals surface area contributed by atoms with Crippen molar-refractivity contribution in [3.8, 4) is 0 Å². The Kier molecular flexibility index (Phi) is 31.0. The van der Waals surface area contributed by atoms with Crippen LogP contribution in [0.15, 0.2) is 0 Å². The molecule has 7 N–H and O–H groups in total. The third-order valence-corrected chi connectivity index (χ3v) is 12.5. The number of carbonyl (C=O) groups excluding carboxylic acids is 3. The standard InChI is InChI=1S/C39H74O17P2S/c1-3-5-6-7-8-9-10-11-12-13-15-19-22-26-32(41)54-30(28-52-31(40)25-21-18-16-14-17-20-23-27-59-33(42)24-4-2)29-53-58(50,51)56-39-36(45)34(43)35(44)38(37(39)46)55-57(47,48)49/h30,34-39,43-46H,3-29H2,1-2H3,(H,50,51)(H2,47,48,49)/t30-,34+,35?,36?,37-,38-,39?/m1/s1. The first-order chi connectivity index (χ1) is 28.0. The molecule has 348 valence electrons. The zero-order chi connectivity index (χ0) is 44.1. The van der Waals surface area contributed by atoms with E-state index in [2.05, 4.69) is 11.4 Å². The van der Waals surface area contributed by atoms with Crippen LogP contribution in [0.1, 0.15) is 168 Å². The largest absolute Gasteiger partial charge is 0.472 e. The number of carbonyl (C=O) groups is 3. The molecule has 1 rings (SSSR count). The van der Waals surface area contributed by atoms with Gasteiger partial charge >= 0.3 is 27.6 Å². The summed E-state index contributed by atoms with van der Waals surface area (Å²) >= 11 is 1.39. The lowest BCUT2D eigenvalue weighted by Gasteiger charge is -2.43. The second-order valence-electron chi connectivity index (χ2n) is 15.3. The molecule has 0 amide bonds. The van der Waals surface area contributed by atoms with E-state index in [4.69, 9.17) is 28.3 Å². The monoisotopic (exact) mass is 908 g/mol. The van der Waals surface area contributed by atoms with Crippen molar-refractivity contribution in [2.45, 2.75) is 211 Å². The van der Waals surface area contributed by atoms with Crippen LogP contribution in [0.5, 0.6) is 0 Å². The van der Waals surface area contributed by atoms with Crippen molar-refractivity contribution in [3.63, 3.8) is 0 Å². The number of ether oxygens (including phenoxy) is 2. The maximum absolute atomic E-state index is 12.9. The Morgan fingerprint density at radius 1 is 0.542 bits per heavy atom. The molecule has 17 nitrogen and oxygen atoms in total. The predicted octanol–water partition coefficient (Wildman–Crippen LogP) is 6.54. The van der Waals surface area contributed by atoms with Gasteiger partial charge in [-0.05, 0) is 25.7 Å². The zero-order valence-corrected chi connectivity index (χ0v) is 37.8. The summed E-state index contributed by atoms with van der Waals surface area (Å²) in [4.78, 5) is 65.6. The highest BCUT2D eigenvalue weighted by atomic mass is 32.2. The first kappa shape index (κ1) is 56.0. The fraction of sp³-hybridized carbons (Fsp3) is 0.923. The smallest absolute Gasteiger partial charge is 0.462 e. The van der Waals surface area contributed by atoms with Gasteiger partial charge in [0, 0.05) is 25.0 Å². The molecule has 0 radical (unpaired) electrons. The minimum Gasteiger partial charge on any atom is -0.462 e. The molecule has 1 saturated carbocycles. The molecular formula is C39H74O17P2S. The normalized spacial score (nSPS) is 22.5. The molecule has 0 aromatic carbocycles. The van der Waals surface area contributed by atoms with Crippen molar-refractivity contribution in [2.24, 2.45) is 0 Å². The fourth-order valence-corrected chi connectivity index (χ4v) is 9.04. The summed E-state index contributed by atoms with van der Waals surface area (Å²) in [6, 6.07) is 0. The van der Waals surface area contributed by atoms with E-state index >= 15 is 0 Å². The number of hydrogen-bond acceptors (Lipinski definition) is 15. The van der Waals surface area contributed by atoms with Crippen LogP contribution in [0.2, 0.25) is 0 Å². The molecule has 4 unspecified atom stereocenters. The lowest BCUT2D eigenvalue weighted by atomic mass is 9.85. The Labute approximate surface area is 354 Å². The van der Waals surface area contributed by atoms with Gasteiger partial charge in [-0.3, -0.25) is 28.0 Å². The van der Waals surface area contributed by atoms with Crippen molar-refractivity contribution in [1.29, 1.82) is 0 Å². The first-order valence-electron chi connectivity index (χ1n) is 21.6. The van der Waals surface area contributed by atoms with E-state index in [0.717, 1.165) is 76.4 Å². The van der Waals surface area contributed by atoms with E-state index in [-0.39, 0.29) is 18.0 Å². The number of hydrogen-bond donors (Lipinski definition) is 7. The Morgan fingerprint density at radius 3 is 1.49 bits per heavy atom. The average Bonchev–Trinajstić information content (AvgIpc) is 3.17. The van der Waals surface area contributed by atoms with E-state index in [1.807, 2.05) is 6.92 Å². The molecule has 8 atom stereocenters. The molecule has 0 bridgehead atoms. The second-order valence-corrected chi connectivity index (χ2v) is 19.1. The summed E-state index contributed by atoms with van der Waals surface area (Å²) in [6.45, 7) is 2.82. The molecule has 1 aliphatic carbocycles. The summed E-state index contributed by atoms with van der Waals surface area (Å²) in [7, 11) is -10.7. The molecule has 0 aromatic heterocycles. The van der Waals surface area contributed by atoms with Crippen LogP contribution in [0.4, 0.5) is 0 Å². The number of phosphoric ester groups is 2. The minimum absolute atomic E-state index is 0.0347. The average molecular weight is 909 g/mol. The van der Waals surface area contributed by atoms with Crippen molar-refractivity contribution < 1.29 is 81.7 Å². The second kappa shape index (κ2) is 32.7. The highest BCUT2D eigenvalue weighted by Crippen LogP contribution is 2.49. The van der Waals surface area contributed by atoms with Crippen LogP contribution < -0.4 is 0 Å². The molecule has 1 aliphatic rings. The Morgan fingerprint density at radius 2 is 1.00 bits per heavy atom. The van der Waals surface area contributed by atoms with E-state index < -0.39 is 83.5 Å². The predicted molar refractivity (Wildman–Crippen MR) is 222 cm³/mol. The van der Waals surface area contributed by atoms with Gasteiger partial charge in [0.2, 0.25) is 0 Å². The van der Waals surface area contributed by atoms with Gasteiger partial charge in [0.15, 0.2) is 11.2 Å². The maximum Gasteiger partial charge on any atom is 0.472 e. The van der Waals surface area contributed by atoms with Gasteiger partial charge in [0.05, 0.1) is 6.61 Å². The number of rotatable bonds is 36. The fourth-order valence-electron chi connectivity index (χ4n) is 6.57. The van der Waals surface area contributed by atoms with E-state index in [1.165, 1.54) is 63.1 Å². The molecule has 0 aromatic rings. The molecule has 0 saturated heterocycles. The lowest BCUT2D eigenvalue weighted by Crippen LogP contribution is -2.64. The minimum atomic E-state index is -5.36. The van der Waals surface area contributed by atoms with Crippen LogP contribution in [0, 0.1) is 0 Å². The molecule has 0 spiro atoms. The van der Waals surface area contributed by atoms with Crippen LogP contribution in [-0.2, 0) is 46.6 Å². The van der Waals surface area contributed by atoms with Crippen LogP contribution in [0.25, 0.3) is 0 Å². The number of thioether (sulfide) groups is 1. The van der Waals surface area contributed by atoms with Gasteiger partial charge < -0.3 is 44.6 Å². The van der Waals surface area contributed by atoms with Gasteiger partial charge in [0.1, 0.15) is 43.2 Å². The van der Waals surface area contributed by atoms with Crippen molar-refractivity contribution in [2.75, 3.05) is 19.0 Å². The van der Waals surface area contributed by atoms with Gasteiger partial charge in [-0.15, -0.1) is 0 Å². The summed E-state index contributed by atoms with van der Waals surface area (Å²) in [5, 5.41) is 41.3. The highest BCUT2D eigenvalue weighted by molar-refractivity contribution is 8.13. The zero-order valence-electron chi connectivity index (χ0n) is 35.1. The van der Waals surface area contributed by atoms with E-state index in [9.17, 15) is 48.8 Å². The Balaban J connectivity index is 2.63. The molecule has 59 heavy (non-hydrogen) atoms. The lowest BCUT2D eigenvalue weighted by molar-refractivity contribution is -0.216. The molecule has 1 fully saturated rings. The first-order valence-corrected chi connectivity index (χ1v) is 25.6. The third-order valence-electron chi connectivity index (χ3n) is 9.94. The van der Waals surface area contributed by atoms with Gasteiger partial charge in [-0.25, -0.2) is 9.13 Å². The molecular weight excluding hydrogens is 834 g/mol. The summed E-state index contributed by atoms with van der Waals surface area (Å²) in [6.07, 6.45) is 7.53. The van der Waals surface area contributed by atoms with Crippen LogP contribution in [0.3, 0.4) is 0 Å².